The van der Waals surface area contributed by atoms with Crippen LogP contribution in [0.5, 0.6) is 0 Å². The van der Waals surface area contributed by atoms with Gasteiger partial charge in [-0.05, 0) is 31.7 Å². The van der Waals surface area contributed by atoms with E-state index in [0.717, 1.165) is 44.3 Å². The van der Waals surface area contributed by atoms with E-state index >= 15 is 0 Å². The Hall–Kier alpha value is -0.770. The van der Waals surface area contributed by atoms with Gasteiger partial charge in [0.05, 0.1) is 6.54 Å². The van der Waals surface area contributed by atoms with Crippen molar-refractivity contribution in [1.82, 2.24) is 15.6 Å². The molecule has 1 aliphatic rings. The number of hydrogen-bond acceptors (Lipinski definition) is 4. The molecule has 0 spiro atoms. The number of nitrogens with one attached hydrogen (secondary N) is 2. The van der Waals surface area contributed by atoms with Crippen molar-refractivity contribution in [3.8, 4) is 0 Å². The maximum atomic E-state index is 13.8. The molecule has 1 aliphatic heterocycles. The summed E-state index contributed by atoms with van der Waals surface area (Å²) in [6.07, 6.45) is 4.65. The molecule has 1 fully saturated rings. The molecule has 0 saturated carbocycles. The second kappa shape index (κ2) is 10.9. The number of guanidine groups is 1. The van der Waals surface area contributed by atoms with Gasteiger partial charge in [0, 0.05) is 37.6 Å². The molecular formula is C15H25FIN5S. The highest BCUT2D eigenvalue weighted by Gasteiger charge is 2.25. The Kier molecular flexibility index (Phi) is 9.61. The summed E-state index contributed by atoms with van der Waals surface area (Å²) in [7, 11) is 0. The molecule has 0 amide bonds. The van der Waals surface area contributed by atoms with Crippen LogP contribution >= 0.6 is 35.7 Å². The molecule has 130 valence electrons. The minimum Gasteiger partial charge on any atom is -0.357 e. The van der Waals surface area contributed by atoms with E-state index in [1.807, 2.05) is 4.90 Å². The molecule has 1 aromatic rings. The van der Waals surface area contributed by atoms with Gasteiger partial charge in [0.15, 0.2) is 17.6 Å². The lowest BCUT2D eigenvalue weighted by molar-refractivity contribution is 0.612. The molecule has 2 rings (SSSR count). The van der Waals surface area contributed by atoms with Gasteiger partial charge < -0.3 is 15.5 Å². The second-order valence-electron chi connectivity index (χ2n) is 5.14. The molecule has 1 atom stereocenters. The number of pyridine rings is 1. The van der Waals surface area contributed by atoms with Crippen molar-refractivity contribution < 1.29 is 4.39 Å². The summed E-state index contributed by atoms with van der Waals surface area (Å²) >= 11 is 1.78. The first kappa shape index (κ1) is 20.3. The van der Waals surface area contributed by atoms with E-state index in [-0.39, 0.29) is 35.8 Å². The van der Waals surface area contributed by atoms with Gasteiger partial charge in [0.2, 0.25) is 0 Å². The van der Waals surface area contributed by atoms with Crippen LogP contribution in [0.2, 0.25) is 0 Å². The Morgan fingerprint density at radius 2 is 2.39 bits per heavy atom. The zero-order valence-corrected chi connectivity index (χ0v) is 16.7. The van der Waals surface area contributed by atoms with E-state index in [1.165, 1.54) is 6.07 Å². The zero-order chi connectivity index (χ0) is 15.8. The molecular weight excluding hydrogens is 428 g/mol. The fourth-order valence-electron chi connectivity index (χ4n) is 2.44. The summed E-state index contributed by atoms with van der Waals surface area (Å²) < 4.78 is 13.8. The van der Waals surface area contributed by atoms with Crippen LogP contribution in [-0.4, -0.2) is 55.2 Å². The molecule has 2 N–H and O–H groups in total. The Morgan fingerprint density at radius 1 is 1.57 bits per heavy atom. The number of anilines is 1. The van der Waals surface area contributed by atoms with Crippen LogP contribution < -0.4 is 15.5 Å². The fraction of sp³-hybridized carbons (Fsp3) is 0.600. The maximum Gasteiger partial charge on any atom is 0.191 e. The largest absolute Gasteiger partial charge is 0.357 e. The van der Waals surface area contributed by atoms with E-state index in [4.69, 9.17) is 0 Å². The van der Waals surface area contributed by atoms with Gasteiger partial charge in [-0.15, -0.1) is 24.0 Å². The summed E-state index contributed by atoms with van der Waals surface area (Å²) in [5.41, 5.74) is 0. The molecule has 2 heterocycles. The Balaban J connectivity index is 0.00000264. The minimum atomic E-state index is -0.260. The molecule has 0 aliphatic carbocycles. The lowest BCUT2D eigenvalue weighted by Gasteiger charge is -2.19. The highest BCUT2D eigenvalue weighted by Crippen LogP contribution is 2.20. The van der Waals surface area contributed by atoms with Crippen molar-refractivity contribution in [2.24, 2.45) is 4.99 Å². The highest BCUT2D eigenvalue weighted by molar-refractivity contribution is 14.0. The average Bonchev–Trinajstić information content (AvgIpc) is 2.96. The third-order valence-electron chi connectivity index (χ3n) is 3.48. The van der Waals surface area contributed by atoms with Crippen LogP contribution in [-0.2, 0) is 0 Å². The van der Waals surface area contributed by atoms with Gasteiger partial charge in [-0.25, -0.2) is 9.37 Å². The van der Waals surface area contributed by atoms with Crippen molar-refractivity contribution >= 4 is 47.5 Å². The topological polar surface area (TPSA) is 52.6 Å². The normalized spacial score (nSPS) is 17.8. The summed E-state index contributed by atoms with van der Waals surface area (Å²) in [5.74, 6) is 2.02. The first-order valence-electron chi connectivity index (χ1n) is 7.63. The number of halogens is 2. The summed E-state index contributed by atoms with van der Waals surface area (Å²) in [4.78, 5) is 10.7. The predicted octanol–water partition coefficient (Wildman–Crippen LogP) is 2.34. The van der Waals surface area contributed by atoms with Crippen LogP contribution in [0, 0.1) is 5.82 Å². The fourth-order valence-corrected chi connectivity index (χ4v) is 2.72. The van der Waals surface area contributed by atoms with Crippen molar-refractivity contribution in [2.45, 2.75) is 19.4 Å². The molecule has 0 bridgehead atoms. The molecule has 5 nitrogen and oxygen atoms in total. The number of rotatable bonds is 6. The van der Waals surface area contributed by atoms with Crippen molar-refractivity contribution in [1.29, 1.82) is 0 Å². The molecule has 1 saturated heterocycles. The summed E-state index contributed by atoms with van der Waals surface area (Å²) in [6.45, 7) is 5.21. The Labute approximate surface area is 158 Å². The van der Waals surface area contributed by atoms with E-state index < -0.39 is 0 Å². The van der Waals surface area contributed by atoms with Crippen LogP contribution in [0.1, 0.15) is 13.3 Å². The molecule has 23 heavy (non-hydrogen) atoms. The quantitative estimate of drug-likeness (QED) is 0.300. The van der Waals surface area contributed by atoms with E-state index in [1.54, 1.807) is 24.0 Å². The van der Waals surface area contributed by atoms with Gasteiger partial charge in [-0.2, -0.15) is 11.8 Å². The third kappa shape index (κ3) is 6.33. The SMILES string of the molecule is CCNC(=NCCSC)NC1CCN(c2ncccc2F)C1.I. The molecule has 1 unspecified atom stereocenters. The van der Waals surface area contributed by atoms with E-state index in [2.05, 4.69) is 33.8 Å². The number of aromatic nitrogens is 1. The number of hydrogen-bond donors (Lipinski definition) is 2. The monoisotopic (exact) mass is 453 g/mol. The predicted molar refractivity (Wildman–Crippen MR) is 108 cm³/mol. The molecule has 0 radical (unpaired) electrons. The van der Waals surface area contributed by atoms with Crippen molar-refractivity contribution in [3.05, 3.63) is 24.1 Å². The van der Waals surface area contributed by atoms with Gasteiger partial charge in [-0.1, -0.05) is 0 Å². The van der Waals surface area contributed by atoms with Crippen molar-refractivity contribution in [3.63, 3.8) is 0 Å². The van der Waals surface area contributed by atoms with Gasteiger partial charge in [-0.3, -0.25) is 4.99 Å². The maximum absolute atomic E-state index is 13.8. The number of aliphatic imine (C=N–C) groups is 1. The standard InChI is InChI=1S/C15H24FN5S.HI/c1-3-17-15(19-8-10-22-2)20-12-6-9-21(11-12)14-13(16)5-4-7-18-14;/h4-5,7,12H,3,6,8-11H2,1-2H3,(H2,17,19,20);1H. The molecule has 1 aromatic heterocycles. The van der Waals surface area contributed by atoms with E-state index in [0.29, 0.717) is 5.82 Å². The molecule has 0 aromatic carbocycles. The second-order valence-corrected chi connectivity index (χ2v) is 6.12. The lowest BCUT2D eigenvalue weighted by Crippen LogP contribution is -2.44. The number of thioether (sulfide) groups is 1. The van der Waals surface area contributed by atoms with Crippen LogP contribution in [0.25, 0.3) is 0 Å². The van der Waals surface area contributed by atoms with Gasteiger partial charge >= 0.3 is 0 Å². The van der Waals surface area contributed by atoms with Gasteiger partial charge in [0.25, 0.3) is 0 Å². The third-order valence-corrected chi connectivity index (χ3v) is 4.07. The Bertz CT molecular complexity index is 503. The van der Waals surface area contributed by atoms with E-state index in [9.17, 15) is 4.39 Å². The Morgan fingerprint density at radius 3 is 3.09 bits per heavy atom. The highest BCUT2D eigenvalue weighted by atomic mass is 127. The summed E-state index contributed by atoms with van der Waals surface area (Å²) in [6, 6.07) is 3.33. The molecule has 8 heteroatoms. The smallest absolute Gasteiger partial charge is 0.191 e. The van der Waals surface area contributed by atoms with Crippen molar-refractivity contribution in [2.75, 3.05) is 43.1 Å². The number of nitrogens with zero attached hydrogens (tertiary/aromatic N) is 3. The average molecular weight is 453 g/mol. The summed E-state index contributed by atoms with van der Waals surface area (Å²) in [5, 5.41) is 6.69. The minimum absolute atomic E-state index is 0. The zero-order valence-electron chi connectivity index (χ0n) is 13.6. The van der Waals surface area contributed by atoms with Crippen LogP contribution in [0.3, 0.4) is 0 Å². The van der Waals surface area contributed by atoms with Crippen LogP contribution in [0.4, 0.5) is 10.2 Å². The van der Waals surface area contributed by atoms with Gasteiger partial charge in [0.1, 0.15) is 0 Å². The first-order chi connectivity index (χ1) is 10.7. The van der Waals surface area contributed by atoms with Crippen LogP contribution in [0.15, 0.2) is 23.3 Å². The first-order valence-corrected chi connectivity index (χ1v) is 9.03. The lowest BCUT2D eigenvalue weighted by atomic mass is 10.3.